The first-order valence-corrected chi connectivity index (χ1v) is 9.64. The Morgan fingerprint density at radius 3 is 2.70 bits per heavy atom. The van der Waals surface area contributed by atoms with Crippen molar-refractivity contribution in [3.63, 3.8) is 0 Å². The number of nitrogens with zero attached hydrogens (tertiary/aromatic N) is 2. The van der Waals surface area contributed by atoms with Crippen molar-refractivity contribution in [1.29, 1.82) is 0 Å². The van der Waals surface area contributed by atoms with Crippen LogP contribution in [-0.4, -0.2) is 53.6 Å². The standard InChI is InChI=1S/C21H25ClN2O3/c1-3-24(4-2)20(26)14-23-8-9-27-21-17(13-23)10-16(12-19(21)25)15-6-5-7-18(22)11-15/h5-7,10-12,25H,3-4,8-9,13-14H2,1-2H3. The second kappa shape index (κ2) is 8.63. The van der Waals surface area contributed by atoms with Crippen molar-refractivity contribution in [3.05, 3.63) is 47.0 Å². The van der Waals surface area contributed by atoms with Gasteiger partial charge in [-0.3, -0.25) is 9.69 Å². The Morgan fingerprint density at radius 2 is 2.00 bits per heavy atom. The molecule has 0 spiro atoms. The molecule has 2 aromatic rings. The smallest absolute Gasteiger partial charge is 0.236 e. The number of halogens is 1. The number of phenolic OH excluding ortho intramolecular Hbond substituents is 1. The number of hydrogen-bond acceptors (Lipinski definition) is 4. The van der Waals surface area contributed by atoms with E-state index in [4.69, 9.17) is 16.3 Å². The minimum atomic E-state index is 0.110. The van der Waals surface area contributed by atoms with E-state index < -0.39 is 0 Å². The second-order valence-corrected chi connectivity index (χ2v) is 7.06. The van der Waals surface area contributed by atoms with E-state index in [0.717, 1.165) is 16.7 Å². The molecular weight excluding hydrogens is 364 g/mol. The number of aromatic hydroxyl groups is 1. The van der Waals surface area contributed by atoms with Crippen LogP contribution < -0.4 is 4.74 Å². The number of benzene rings is 2. The maximum absolute atomic E-state index is 12.5. The first kappa shape index (κ1) is 19.5. The molecule has 5 nitrogen and oxygen atoms in total. The predicted octanol–water partition coefficient (Wildman–Crippen LogP) is 3.78. The molecule has 0 bridgehead atoms. The number of likely N-dealkylation sites (N-methyl/N-ethyl adjacent to an activating group) is 1. The van der Waals surface area contributed by atoms with Gasteiger partial charge in [-0.25, -0.2) is 0 Å². The van der Waals surface area contributed by atoms with E-state index in [-0.39, 0.29) is 11.7 Å². The summed E-state index contributed by atoms with van der Waals surface area (Å²) < 4.78 is 5.78. The van der Waals surface area contributed by atoms with Crippen LogP contribution in [0.15, 0.2) is 36.4 Å². The summed E-state index contributed by atoms with van der Waals surface area (Å²) in [5.41, 5.74) is 2.67. The van der Waals surface area contributed by atoms with Gasteiger partial charge < -0.3 is 14.7 Å². The molecular formula is C21H25ClN2O3. The zero-order valence-corrected chi connectivity index (χ0v) is 16.5. The zero-order valence-electron chi connectivity index (χ0n) is 15.7. The van der Waals surface area contributed by atoms with Gasteiger partial charge in [0, 0.05) is 36.8 Å². The van der Waals surface area contributed by atoms with Crippen molar-refractivity contribution in [3.8, 4) is 22.6 Å². The van der Waals surface area contributed by atoms with E-state index >= 15 is 0 Å². The molecule has 6 heteroatoms. The molecule has 1 N–H and O–H groups in total. The summed E-state index contributed by atoms with van der Waals surface area (Å²) in [5, 5.41) is 11.1. The van der Waals surface area contributed by atoms with Crippen molar-refractivity contribution in [2.45, 2.75) is 20.4 Å². The molecule has 0 fully saturated rings. The van der Waals surface area contributed by atoms with Crippen LogP contribution in [0.4, 0.5) is 0 Å². The third-order valence-electron chi connectivity index (χ3n) is 4.83. The van der Waals surface area contributed by atoms with Crippen LogP contribution in [-0.2, 0) is 11.3 Å². The Kier molecular flexibility index (Phi) is 6.24. The lowest BCUT2D eigenvalue weighted by Gasteiger charge is -2.24. The van der Waals surface area contributed by atoms with Gasteiger partial charge in [0.2, 0.25) is 5.91 Å². The summed E-state index contributed by atoms with van der Waals surface area (Å²) in [6.07, 6.45) is 0. The molecule has 1 heterocycles. The summed E-state index contributed by atoms with van der Waals surface area (Å²) in [6.45, 7) is 7.33. The van der Waals surface area contributed by atoms with Crippen molar-refractivity contribution >= 4 is 17.5 Å². The summed E-state index contributed by atoms with van der Waals surface area (Å²) in [6, 6.07) is 11.2. The van der Waals surface area contributed by atoms with Crippen LogP contribution >= 0.6 is 11.6 Å². The first-order chi connectivity index (χ1) is 13.0. The number of carbonyl (C=O) groups is 1. The number of phenols is 1. The monoisotopic (exact) mass is 388 g/mol. The van der Waals surface area contributed by atoms with Gasteiger partial charge in [0.25, 0.3) is 0 Å². The maximum Gasteiger partial charge on any atom is 0.236 e. The fourth-order valence-corrected chi connectivity index (χ4v) is 3.58. The number of ether oxygens (including phenoxy) is 1. The molecule has 27 heavy (non-hydrogen) atoms. The summed E-state index contributed by atoms with van der Waals surface area (Å²) in [4.78, 5) is 16.4. The highest BCUT2D eigenvalue weighted by atomic mass is 35.5. The topological polar surface area (TPSA) is 53.0 Å². The van der Waals surface area contributed by atoms with Crippen LogP contribution in [0.25, 0.3) is 11.1 Å². The number of amides is 1. The SMILES string of the molecule is CCN(CC)C(=O)CN1CCOc2c(O)cc(-c3cccc(Cl)c3)cc2C1. The van der Waals surface area contributed by atoms with Crippen molar-refractivity contribution in [1.82, 2.24) is 9.80 Å². The minimum Gasteiger partial charge on any atom is -0.504 e. The molecule has 3 rings (SSSR count). The molecule has 0 saturated carbocycles. The third-order valence-corrected chi connectivity index (χ3v) is 5.06. The largest absolute Gasteiger partial charge is 0.504 e. The lowest BCUT2D eigenvalue weighted by Crippen LogP contribution is -2.40. The number of carbonyl (C=O) groups excluding carboxylic acids is 1. The van der Waals surface area contributed by atoms with Gasteiger partial charge in [0.1, 0.15) is 6.61 Å². The summed E-state index contributed by atoms with van der Waals surface area (Å²) in [7, 11) is 0. The van der Waals surface area contributed by atoms with E-state index in [9.17, 15) is 9.90 Å². The second-order valence-electron chi connectivity index (χ2n) is 6.62. The van der Waals surface area contributed by atoms with Crippen molar-refractivity contribution in [2.75, 3.05) is 32.8 Å². The fourth-order valence-electron chi connectivity index (χ4n) is 3.39. The van der Waals surface area contributed by atoms with Gasteiger partial charge in [-0.1, -0.05) is 23.7 Å². The molecule has 0 radical (unpaired) electrons. The van der Waals surface area contributed by atoms with E-state index in [1.807, 2.05) is 49.1 Å². The molecule has 0 unspecified atom stereocenters. The molecule has 1 aliphatic rings. The van der Waals surface area contributed by atoms with Crippen LogP contribution in [0.3, 0.4) is 0 Å². The van der Waals surface area contributed by atoms with Gasteiger partial charge in [-0.2, -0.15) is 0 Å². The average Bonchev–Trinajstić information content (AvgIpc) is 2.85. The van der Waals surface area contributed by atoms with Gasteiger partial charge in [0.15, 0.2) is 11.5 Å². The maximum atomic E-state index is 12.5. The third kappa shape index (κ3) is 4.54. The Labute approximate surface area is 165 Å². The highest BCUT2D eigenvalue weighted by Gasteiger charge is 2.22. The lowest BCUT2D eigenvalue weighted by molar-refractivity contribution is -0.132. The lowest BCUT2D eigenvalue weighted by atomic mass is 10.0. The quantitative estimate of drug-likeness (QED) is 0.847. The van der Waals surface area contributed by atoms with E-state index in [1.54, 1.807) is 6.07 Å². The molecule has 0 saturated heterocycles. The first-order valence-electron chi connectivity index (χ1n) is 9.26. The highest BCUT2D eigenvalue weighted by Crippen LogP contribution is 2.38. The highest BCUT2D eigenvalue weighted by molar-refractivity contribution is 6.30. The number of rotatable bonds is 5. The molecule has 1 amide bonds. The van der Waals surface area contributed by atoms with Gasteiger partial charge in [-0.15, -0.1) is 0 Å². The molecule has 0 aromatic heterocycles. The van der Waals surface area contributed by atoms with Gasteiger partial charge in [0.05, 0.1) is 6.54 Å². The van der Waals surface area contributed by atoms with Gasteiger partial charge in [-0.05, 0) is 49.2 Å². The molecule has 2 aromatic carbocycles. The van der Waals surface area contributed by atoms with Crippen LogP contribution in [0.5, 0.6) is 11.5 Å². The Hall–Kier alpha value is -2.24. The molecule has 0 atom stereocenters. The van der Waals surface area contributed by atoms with Gasteiger partial charge >= 0.3 is 0 Å². The fraction of sp³-hybridized carbons (Fsp3) is 0.381. The Balaban J connectivity index is 1.86. The Bertz CT molecular complexity index is 821. The van der Waals surface area contributed by atoms with E-state index in [1.165, 1.54) is 0 Å². The molecule has 144 valence electrons. The minimum absolute atomic E-state index is 0.110. The van der Waals surface area contributed by atoms with Crippen LogP contribution in [0.1, 0.15) is 19.4 Å². The normalized spacial score (nSPS) is 14.2. The molecule has 0 aliphatic carbocycles. The number of fused-ring (bicyclic) bond motifs is 1. The predicted molar refractivity (Wildman–Crippen MR) is 107 cm³/mol. The van der Waals surface area contributed by atoms with E-state index in [0.29, 0.717) is 50.1 Å². The Morgan fingerprint density at radius 1 is 1.22 bits per heavy atom. The molecule has 1 aliphatic heterocycles. The average molecular weight is 389 g/mol. The number of hydrogen-bond donors (Lipinski definition) is 1. The summed E-state index contributed by atoms with van der Waals surface area (Å²) in [5.74, 6) is 0.719. The van der Waals surface area contributed by atoms with Crippen LogP contribution in [0.2, 0.25) is 5.02 Å². The summed E-state index contributed by atoms with van der Waals surface area (Å²) >= 11 is 6.10. The van der Waals surface area contributed by atoms with Crippen molar-refractivity contribution < 1.29 is 14.6 Å². The van der Waals surface area contributed by atoms with E-state index in [2.05, 4.69) is 4.90 Å². The van der Waals surface area contributed by atoms with Crippen LogP contribution in [0, 0.1) is 0 Å². The van der Waals surface area contributed by atoms with Crippen molar-refractivity contribution in [2.24, 2.45) is 0 Å². The zero-order chi connectivity index (χ0) is 19.4.